The lowest BCUT2D eigenvalue weighted by Gasteiger charge is -2.17. The molecule has 2 N–H and O–H groups in total. The molecular formula is C30H31F2N3O7. The Morgan fingerprint density at radius 1 is 1.17 bits per heavy atom. The number of carbonyl (C=O) groups excluding carboxylic acids is 4. The van der Waals surface area contributed by atoms with Gasteiger partial charge in [0.05, 0.1) is 26.2 Å². The first-order chi connectivity index (χ1) is 20.0. The van der Waals surface area contributed by atoms with Gasteiger partial charge in [-0.3, -0.25) is 24.5 Å². The van der Waals surface area contributed by atoms with E-state index in [9.17, 15) is 28.0 Å². The molecule has 0 fully saturated rings. The zero-order valence-corrected chi connectivity index (χ0v) is 23.6. The van der Waals surface area contributed by atoms with Crippen LogP contribution in [0, 0.1) is 11.6 Å². The molecule has 0 bridgehead atoms. The third kappa shape index (κ3) is 7.65. The number of nitrogens with one attached hydrogen (secondary N) is 2. The molecule has 2 heterocycles. The topological polar surface area (TPSA) is 137 Å². The van der Waals surface area contributed by atoms with Gasteiger partial charge in [-0.25, -0.2) is 13.8 Å². The van der Waals surface area contributed by atoms with Gasteiger partial charge in [-0.2, -0.15) is 0 Å². The number of amides is 2. The standard InChI is InChI=1S/C30H31F2N3O7/c1-6-7-25(37)35-30(39)19(13-16(2)12-18-8-9-22(40-4)28(32)27(18)17(3)36)23-15-21-24(42-23)14-20(31)29(34-21)33-11-10-26(38)41-5/h6-9,14-15,19H,2,10-13H2,1,3-5H3,(H,33,34)(H,35,37,39)/b7-6-. The minimum Gasteiger partial charge on any atom is -0.494 e. The fraction of sp³-hybridized carbons (Fsp3) is 0.300. The lowest BCUT2D eigenvalue weighted by molar-refractivity contribution is -0.140. The number of esters is 1. The molecule has 0 saturated heterocycles. The van der Waals surface area contributed by atoms with Gasteiger partial charge in [-0.15, -0.1) is 0 Å². The second kappa shape index (κ2) is 14.2. The van der Waals surface area contributed by atoms with Gasteiger partial charge >= 0.3 is 5.97 Å². The first-order valence-electron chi connectivity index (χ1n) is 12.9. The Morgan fingerprint density at radius 3 is 2.55 bits per heavy atom. The number of carbonyl (C=O) groups is 4. The number of ketones is 1. The molecule has 0 radical (unpaired) electrons. The number of pyridine rings is 1. The monoisotopic (exact) mass is 583 g/mol. The summed E-state index contributed by atoms with van der Waals surface area (Å²) in [6.45, 7) is 6.92. The van der Waals surface area contributed by atoms with Crippen LogP contribution in [0.25, 0.3) is 11.1 Å². The van der Waals surface area contributed by atoms with Gasteiger partial charge in [0.25, 0.3) is 0 Å². The molecule has 222 valence electrons. The highest BCUT2D eigenvalue weighted by Crippen LogP contribution is 2.33. The van der Waals surface area contributed by atoms with E-state index in [0.717, 1.165) is 6.07 Å². The molecule has 42 heavy (non-hydrogen) atoms. The first kappa shape index (κ1) is 31.7. The summed E-state index contributed by atoms with van der Waals surface area (Å²) in [5, 5.41) is 4.98. The number of fused-ring (bicyclic) bond motifs is 1. The number of hydrogen-bond donors (Lipinski definition) is 2. The van der Waals surface area contributed by atoms with Crippen molar-refractivity contribution in [2.75, 3.05) is 26.1 Å². The van der Waals surface area contributed by atoms with Crippen LogP contribution < -0.4 is 15.4 Å². The van der Waals surface area contributed by atoms with Crippen LogP contribution in [0.2, 0.25) is 0 Å². The Hall–Kier alpha value is -4.87. The van der Waals surface area contributed by atoms with E-state index < -0.39 is 41.1 Å². The van der Waals surface area contributed by atoms with Crippen molar-refractivity contribution in [3.63, 3.8) is 0 Å². The van der Waals surface area contributed by atoms with E-state index in [1.54, 1.807) is 6.92 Å². The Kier molecular flexibility index (Phi) is 10.7. The van der Waals surface area contributed by atoms with E-state index in [4.69, 9.17) is 9.15 Å². The van der Waals surface area contributed by atoms with Crippen LogP contribution in [0.5, 0.6) is 5.75 Å². The van der Waals surface area contributed by atoms with Crippen LogP contribution in [-0.2, 0) is 25.5 Å². The van der Waals surface area contributed by atoms with Crippen molar-refractivity contribution >= 4 is 40.5 Å². The summed E-state index contributed by atoms with van der Waals surface area (Å²) in [7, 11) is 2.53. The molecule has 1 unspecified atom stereocenters. The molecule has 3 rings (SSSR count). The van der Waals surface area contributed by atoms with Gasteiger partial charge in [0.15, 0.2) is 34.6 Å². The van der Waals surface area contributed by atoms with Crippen molar-refractivity contribution in [1.29, 1.82) is 0 Å². The highest BCUT2D eigenvalue weighted by Gasteiger charge is 2.28. The highest BCUT2D eigenvalue weighted by atomic mass is 19.1. The molecule has 0 aliphatic heterocycles. The summed E-state index contributed by atoms with van der Waals surface area (Å²) in [6, 6.07) is 5.45. The van der Waals surface area contributed by atoms with Crippen molar-refractivity contribution in [2.24, 2.45) is 0 Å². The van der Waals surface area contributed by atoms with Gasteiger partial charge in [-0.05, 0) is 44.4 Å². The lowest BCUT2D eigenvalue weighted by Crippen LogP contribution is -2.33. The second-order valence-electron chi connectivity index (χ2n) is 9.31. The number of imide groups is 1. The minimum absolute atomic E-state index is 0.0136. The van der Waals surface area contributed by atoms with Crippen LogP contribution in [0.3, 0.4) is 0 Å². The van der Waals surface area contributed by atoms with Gasteiger partial charge in [0, 0.05) is 18.7 Å². The van der Waals surface area contributed by atoms with E-state index in [2.05, 4.69) is 26.9 Å². The number of ether oxygens (including phenoxy) is 2. The van der Waals surface area contributed by atoms with Crippen LogP contribution in [0.15, 0.2) is 53.0 Å². The number of benzene rings is 1. The lowest BCUT2D eigenvalue weighted by atomic mass is 9.90. The quantitative estimate of drug-likeness (QED) is 0.126. The normalized spacial score (nSPS) is 11.8. The smallest absolute Gasteiger partial charge is 0.307 e. The number of Topliss-reactive ketones (excluding diaryl/α,β-unsaturated/α-hetero) is 1. The van der Waals surface area contributed by atoms with Crippen LogP contribution in [0.4, 0.5) is 14.6 Å². The Morgan fingerprint density at radius 2 is 1.90 bits per heavy atom. The van der Waals surface area contributed by atoms with Crippen molar-refractivity contribution in [3.8, 4) is 5.75 Å². The number of halogens is 2. The summed E-state index contributed by atoms with van der Waals surface area (Å²) >= 11 is 0. The molecule has 2 aromatic heterocycles. The molecule has 12 heteroatoms. The Balaban J connectivity index is 1.93. The van der Waals surface area contributed by atoms with Gasteiger partial charge < -0.3 is 19.2 Å². The van der Waals surface area contributed by atoms with Gasteiger partial charge in [0.1, 0.15) is 17.2 Å². The number of nitrogens with zero attached hydrogens (tertiary/aromatic N) is 1. The highest BCUT2D eigenvalue weighted by molar-refractivity contribution is 6.03. The predicted molar refractivity (Wildman–Crippen MR) is 150 cm³/mol. The average molecular weight is 584 g/mol. The van der Waals surface area contributed by atoms with Crippen molar-refractivity contribution in [2.45, 2.75) is 39.0 Å². The fourth-order valence-corrected chi connectivity index (χ4v) is 4.28. The molecule has 10 nitrogen and oxygen atoms in total. The summed E-state index contributed by atoms with van der Waals surface area (Å²) < 4.78 is 44.9. The molecule has 0 spiro atoms. The van der Waals surface area contributed by atoms with E-state index in [1.165, 1.54) is 51.5 Å². The second-order valence-corrected chi connectivity index (χ2v) is 9.31. The van der Waals surface area contributed by atoms with Crippen LogP contribution >= 0.6 is 0 Å². The number of furan rings is 1. The maximum absolute atomic E-state index is 14.9. The number of allylic oxidation sites excluding steroid dienone is 2. The largest absolute Gasteiger partial charge is 0.494 e. The molecule has 2 amide bonds. The molecule has 0 aliphatic carbocycles. The number of methoxy groups -OCH3 is 2. The maximum atomic E-state index is 14.9. The predicted octanol–water partition coefficient (Wildman–Crippen LogP) is 4.78. The summed E-state index contributed by atoms with van der Waals surface area (Å²) in [6.07, 6.45) is 2.59. The van der Waals surface area contributed by atoms with Gasteiger partial charge in [0.2, 0.25) is 11.8 Å². The zero-order chi connectivity index (χ0) is 31.0. The van der Waals surface area contributed by atoms with E-state index in [1.807, 2.05) is 0 Å². The van der Waals surface area contributed by atoms with E-state index in [0.29, 0.717) is 11.1 Å². The SMILES string of the molecule is C=C(Cc1ccc(OC)c(F)c1C(C)=O)CC(C(=O)NC(=O)/C=C\C)c1cc2nc(NCCC(=O)OC)c(F)cc2o1. The van der Waals surface area contributed by atoms with Crippen molar-refractivity contribution in [3.05, 3.63) is 77.1 Å². The molecule has 3 aromatic rings. The first-order valence-corrected chi connectivity index (χ1v) is 12.9. The van der Waals surface area contributed by atoms with Crippen molar-refractivity contribution in [1.82, 2.24) is 10.3 Å². The number of anilines is 1. The summed E-state index contributed by atoms with van der Waals surface area (Å²) in [5.41, 5.74) is 0.860. The fourth-order valence-electron chi connectivity index (χ4n) is 4.28. The van der Waals surface area contributed by atoms with Gasteiger partial charge in [-0.1, -0.05) is 24.3 Å². The van der Waals surface area contributed by atoms with E-state index in [-0.39, 0.29) is 59.8 Å². The molecule has 0 saturated carbocycles. The summed E-state index contributed by atoms with van der Waals surface area (Å²) in [5.74, 6) is -5.18. The third-order valence-electron chi connectivity index (χ3n) is 6.25. The van der Waals surface area contributed by atoms with E-state index >= 15 is 0 Å². The van der Waals surface area contributed by atoms with Crippen LogP contribution in [-0.4, -0.2) is 49.3 Å². The number of rotatable bonds is 13. The Bertz CT molecular complexity index is 1560. The molecule has 0 aliphatic rings. The maximum Gasteiger partial charge on any atom is 0.307 e. The number of aromatic nitrogens is 1. The zero-order valence-electron chi connectivity index (χ0n) is 23.6. The third-order valence-corrected chi connectivity index (χ3v) is 6.25. The van der Waals surface area contributed by atoms with Crippen LogP contribution in [0.1, 0.15) is 54.3 Å². The summed E-state index contributed by atoms with van der Waals surface area (Å²) in [4.78, 5) is 53.2. The molecule has 1 atom stereocenters. The Labute approximate surface area is 240 Å². The molecular weight excluding hydrogens is 552 g/mol. The number of hydrogen-bond acceptors (Lipinski definition) is 9. The van der Waals surface area contributed by atoms with Crippen molar-refractivity contribution < 1.29 is 41.8 Å². The molecule has 1 aromatic carbocycles. The average Bonchev–Trinajstić information content (AvgIpc) is 3.33. The minimum atomic E-state index is -1.11.